The Morgan fingerprint density at radius 1 is 1.56 bits per heavy atom. The number of likely N-dealkylation sites (tertiary alicyclic amines) is 1. The van der Waals surface area contributed by atoms with Crippen LogP contribution in [0.4, 0.5) is 0 Å². The van der Waals surface area contributed by atoms with Crippen LogP contribution in [0.3, 0.4) is 0 Å². The molecule has 0 aliphatic carbocycles. The highest BCUT2D eigenvalue weighted by molar-refractivity contribution is 5.95. The minimum atomic E-state index is 0.0197. The van der Waals surface area contributed by atoms with Gasteiger partial charge >= 0.3 is 0 Å². The summed E-state index contributed by atoms with van der Waals surface area (Å²) in [7, 11) is 0. The molecule has 1 aliphatic rings. The second kappa shape index (κ2) is 5.48. The van der Waals surface area contributed by atoms with Crippen molar-refractivity contribution in [2.75, 3.05) is 6.54 Å². The molecule has 2 rings (SSSR count). The van der Waals surface area contributed by atoms with Gasteiger partial charge in [-0.2, -0.15) is 0 Å². The molecule has 2 N–H and O–H groups in total. The summed E-state index contributed by atoms with van der Waals surface area (Å²) in [6.45, 7) is 4.66. The standard InChI is InChI=1S/C14H21N3O/c1-10(15)13-7-3-4-9-17(13)14(18)12-6-5-8-16-11(12)2/h5-6,8,10,13H,3-4,7,9,15H2,1-2H3. The molecule has 1 aliphatic heterocycles. The lowest BCUT2D eigenvalue weighted by molar-refractivity contribution is 0.0582. The van der Waals surface area contributed by atoms with Gasteiger partial charge in [0.25, 0.3) is 5.91 Å². The van der Waals surface area contributed by atoms with Crippen LogP contribution in [-0.4, -0.2) is 34.4 Å². The molecule has 1 aromatic heterocycles. The lowest BCUT2D eigenvalue weighted by atomic mass is 9.96. The topological polar surface area (TPSA) is 59.2 Å². The Hall–Kier alpha value is -1.42. The predicted octanol–water partition coefficient (Wildman–Crippen LogP) is 1.73. The van der Waals surface area contributed by atoms with Gasteiger partial charge in [0.2, 0.25) is 0 Å². The first-order valence-electron chi connectivity index (χ1n) is 6.59. The van der Waals surface area contributed by atoms with E-state index in [2.05, 4.69) is 4.98 Å². The fraction of sp³-hybridized carbons (Fsp3) is 0.571. The molecule has 1 saturated heterocycles. The monoisotopic (exact) mass is 247 g/mol. The third-order valence-electron chi connectivity index (χ3n) is 3.65. The number of carbonyl (C=O) groups excluding carboxylic acids is 1. The van der Waals surface area contributed by atoms with Crippen molar-refractivity contribution in [2.45, 2.75) is 45.2 Å². The first-order valence-corrected chi connectivity index (χ1v) is 6.59. The highest BCUT2D eigenvalue weighted by atomic mass is 16.2. The summed E-state index contributed by atoms with van der Waals surface area (Å²) in [5, 5.41) is 0. The van der Waals surface area contributed by atoms with E-state index < -0.39 is 0 Å². The molecule has 1 aromatic rings. The number of hydrogen-bond acceptors (Lipinski definition) is 3. The van der Waals surface area contributed by atoms with Crippen LogP contribution in [0.25, 0.3) is 0 Å². The molecule has 2 heterocycles. The van der Waals surface area contributed by atoms with Gasteiger partial charge in [0.05, 0.1) is 5.56 Å². The fourth-order valence-electron chi connectivity index (χ4n) is 2.62. The summed E-state index contributed by atoms with van der Waals surface area (Å²) in [5.41, 5.74) is 7.49. The molecule has 4 nitrogen and oxygen atoms in total. The zero-order valence-electron chi connectivity index (χ0n) is 11.1. The van der Waals surface area contributed by atoms with E-state index in [9.17, 15) is 4.79 Å². The van der Waals surface area contributed by atoms with Crippen molar-refractivity contribution >= 4 is 5.91 Å². The Kier molecular flexibility index (Phi) is 3.97. The summed E-state index contributed by atoms with van der Waals surface area (Å²) >= 11 is 0. The van der Waals surface area contributed by atoms with Crippen LogP contribution in [0, 0.1) is 6.92 Å². The summed E-state index contributed by atoms with van der Waals surface area (Å²) < 4.78 is 0. The van der Waals surface area contributed by atoms with E-state index >= 15 is 0 Å². The Labute approximate surface area is 108 Å². The molecule has 0 aromatic carbocycles. The van der Waals surface area contributed by atoms with Crippen molar-refractivity contribution in [1.29, 1.82) is 0 Å². The maximum absolute atomic E-state index is 12.6. The molecule has 2 unspecified atom stereocenters. The van der Waals surface area contributed by atoms with Gasteiger partial charge < -0.3 is 10.6 Å². The van der Waals surface area contributed by atoms with Crippen LogP contribution in [0.5, 0.6) is 0 Å². The number of piperidine rings is 1. The minimum absolute atomic E-state index is 0.0197. The number of aromatic nitrogens is 1. The molecular formula is C14H21N3O. The highest BCUT2D eigenvalue weighted by Gasteiger charge is 2.30. The molecule has 1 amide bonds. The second-order valence-corrected chi connectivity index (χ2v) is 5.06. The molecule has 98 valence electrons. The molecule has 2 atom stereocenters. The van der Waals surface area contributed by atoms with E-state index in [1.165, 1.54) is 0 Å². The summed E-state index contributed by atoms with van der Waals surface area (Å²) in [4.78, 5) is 18.7. The Morgan fingerprint density at radius 3 is 3.00 bits per heavy atom. The molecule has 0 saturated carbocycles. The van der Waals surface area contributed by atoms with Gasteiger partial charge in [-0.25, -0.2) is 0 Å². The summed E-state index contributed by atoms with van der Waals surface area (Å²) in [5.74, 6) is 0.0719. The zero-order valence-corrected chi connectivity index (χ0v) is 11.1. The number of aryl methyl sites for hydroxylation is 1. The largest absolute Gasteiger partial charge is 0.334 e. The van der Waals surface area contributed by atoms with E-state index in [-0.39, 0.29) is 18.0 Å². The number of nitrogens with zero attached hydrogens (tertiary/aromatic N) is 2. The third-order valence-corrected chi connectivity index (χ3v) is 3.65. The first-order chi connectivity index (χ1) is 8.61. The van der Waals surface area contributed by atoms with Crippen molar-refractivity contribution in [3.05, 3.63) is 29.6 Å². The SMILES string of the molecule is Cc1ncccc1C(=O)N1CCCCC1C(C)N. The van der Waals surface area contributed by atoms with Crippen molar-refractivity contribution in [2.24, 2.45) is 5.73 Å². The Bertz CT molecular complexity index is 431. The molecule has 0 spiro atoms. The van der Waals surface area contributed by atoms with Gasteiger partial charge in [-0.1, -0.05) is 0 Å². The van der Waals surface area contributed by atoms with Crippen LogP contribution in [0.15, 0.2) is 18.3 Å². The lowest BCUT2D eigenvalue weighted by Crippen LogP contribution is -2.51. The van der Waals surface area contributed by atoms with Gasteiger partial charge in [0.15, 0.2) is 0 Å². The molecular weight excluding hydrogens is 226 g/mol. The minimum Gasteiger partial charge on any atom is -0.334 e. The van der Waals surface area contributed by atoms with Gasteiger partial charge in [-0.3, -0.25) is 9.78 Å². The number of amides is 1. The Morgan fingerprint density at radius 2 is 2.33 bits per heavy atom. The highest BCUT2D eigenvalue weighted by Crippen LogP contribution is 2.22. The van der Waals surface area contributed by atoms with E-state index in [1.54, 1.807) is 6.20 Å². The van der Waals surface area contributed by atoms with Gasteiger partial charge in [-0.05, 0) is 45.2 Å². The van der Waals surface area contributed by atoms with Crippen LogP contribution in [0.2, 0.25) is 0 Å². The number of hydrogen-bond donors (Lipinski definition) is 1. The summed E-state index contributed by atoms with van der Waals surface area (Å²) in [6.07, 6.45) is 4.93. The Balaban J connectivity index is 2.24. The van der Waals surface area contributed by atoms with E-state index in [0.717, 1.165) is 31.5 Å². The van der Waals surface area contributed by atoms with Crippen LogP contribution in [0.1, 0.15) is 42.2 Å². The zero-order chi connectivity index (χ0) is 13.1. The van der Waals surface area contributed by atoms with E-state index in [0.29, 0.717) is 5.56 Å². The van der Waals surface area contributed by atoms with Gasteiger partial charge in [-0.15, -0.1) is 0 Å². The van der Waals surface area contributed by atoms with Crippen LogP contribution in [-0.2, 0) is 0 Å². The smallest absolute Gasteiger partial charge is 0.255 e. The fourth-order valence-corrected chi connectivity index (χ4v) is 2.62. The first kappa shape index (κ1) is 13.0. The van der Waals surface area contributed by atoms with Crippen LogP contribution >= 0.6 is 0 Å². The molecule has 0 bridgehead atoms. The van der Waals surface area contributed by atoms with Crippen molar-refractivity contribution in [3.63, 3.8) is 0 Å². The molecule has 4 heteroatoms. The lowest BCUT2D eigenvalue weighted by Gasteiger charge is -2.38. The van der Waals surface area contributed by atoms with Crippen molar-refractivity contribution in [1.82, 2.24) is 9.88 Å². The van der Waals surface area contributed by atoms with E-state index in [1.807, 2.05) is 30.9 Å². The van der Waals surface area contributed by atoms with Crippen molar-refractivity contribution in [3.8, 4) is 0 Å². The average molecular weight is 247 g/mol. The average Bonchev–Trinajstić information content (AvgIpc) is 2.38. The maximum atomic E-state index is 12.6. The van der Waals surface area contributed by atoms with Gasteiger partial charge in [0.1, 0.15) is 0 Å². The number of carbonyl (C=O) groups is 1. The molecule has 18 heavy (non-hydrogen) atoms. The normalized spacial score (nSPS) is 21.7. The predicted molar refractivity (Wildman–Crippen MR) is 71.3 cm³/mol. The van der Waals surface area contributed by atoms with E-state index in [4.69, 9.17) is 5.73 Å². The molecule has 1 fully saturated rings. The number of pyridine rings is 1. The summed E-state index contributed by atoms with van der Waals surface area (Å²) in [6, 6.07) is 3.83. The number of nitrogens with two attached hydrogens (primary N) is 1. The third kappa shape index (κ3) is 2.53. The molecule has 0 radical (unpaired) electrons. The quantitative estimate of drug-likeness (QED) is 0.866. The van der Waals surface area contributed by atoms with Crippen molar-refractivity contribution < 1.29 is 4.79 Å². The number of rotatable bonds is 2. The van der Waals surface area contributed by atoms with Crippen LogP contribution < -0.4 is 5.73 Å². The second-order valence-electron chi connectivity index (χ2n) is 5.06. The maximum Gasteiger partial charge on any atom is 0.255 e. The van der Waals surface area contributed by atoms with Gasteiger partial charge in [0, 0.05) is 30.5 Å².